The lowest BCUT2D eigenvalue weighted by atomic mass is 9.98. The fraction of sp³-hybridized carbons (Fsp3) is 0.500. The Balaban J connectivity index is 2.53. The molecule has 0 bridgehead atoms. The van der Waals surface area contributed by atoms with E-state index in [4.69, 9.17) is 11.6 Å². The lowest BCUT2D eigenvalue weighted by Gasteiger charge is -2.15. The van der Waals surface area contributed by atoms with E-state index < -0.39 is 0 Å². The molecule has 0 aromatic carbocycles. The summed E-state index contributed by atoms with van der Waals surface area (Å²) in [6.07, 6.45) is 1.53. The van der Waals surface area contributed by atoms with Crippen molar-refractivity contribution in [1.29, 1.82) is 0 Å². The molecule has 1 aromatic rings. The van der Waals surface area contributed by atoms with E-state index in [2.05, 4.69) is 31.1 Å². The van der Waals surface area contributed by atoms with Crippen molar-refractivity contribution in [3.63, 3.8) is 0 Å². The van der Waals surface area contributed by atoms with Crippen LogP contribution in [0.4, 0.5) is 0 Å². The Morgan fingerprint density at radius 3 is 2.75 bits per heavy atom. The van der Waals surface area contributed by atoms with Crippen molar-refractivity contribution < 1.29 is 4.79 Å². The van der Waals surface area contributed by atoms with Gasteiger partial charge in [0.15, 0.2) is 0 Å². The molecule has 0 aliphatic rings. The van der Waals surface area contributed by atoms with Crippen LogP contribution in [0, 0.1) is 11.8 Å². The van der Waals surface area contributed by atoms with Gasteiger partial charge in [-0.3, -0.25) is 4.79 Å². The first-order valence-electron chi connectivity index (χ1n) is 5.40. The summed E-state index contributed by atoms with van der Waals surface area (Å²) in [5.41, 5.74) is 0.552. The second-order valence-electron chi connectivity index (χ2n) is 4.30. The predicted molar refractivity (Wildman–Crippen MR) is 65.6 cm³/mol. The van der Waals surface area contributed by atoms with Crippen molar-refractivity contribution in [3.8, 4) is 0 Å². The molecule has 88 valence electrons. The molecule has 1 N–H and O–H groups in total. The largest absolute Gasteiger partial charge is 0.352 e. The number of nitrogens with one attached hydrogen (secondary N) is 1. The maximum atomic E-state index is 11.7. The maximum absolute atomic E-state index is 11.7. The molecule has 0 aliphatic carbocycles. The van der Waals surface area contributed by atoms with E-state index in [1.165, 1.54) is 6.20 Å². The molecule has 1 rings (SSSR count). The van der Waals surface area contributed by atoms with Gasteiger partial charge >= 0.3 is 0 Å². The van der Waals surface area contributed by atoms with Gasteiger partial charge in [0.05, 0.1) is 0 Å². The second kappa shape index (κ2) is 5.85. The molecule has 0 saturated heterocycles. The highest BCUT2D eigenvalue weighted by Crippen LogP contribution is 2.09. The smallest absolute Gasteiger partial charge is 0.251 e. The lowest BCUT2D eigenvalue weighted by Crippen LogP contribution is -2.30. The van der Waals surface area contributed by atoms with Crippen LogP contribution in [0.1, 0.15) is 31.1 Å². The molecule has 3 nitrogen and oxygen atoms in total. The third-order valence-electron chi connectivity index (χ3n) is 2.71. The van der Waals surface area contributed by atoms with E-state index in [0.29, 0.717) is 29.1 Å². The molecule has 0 saturated carbocycles. The average Bonchev–Trinajstić information content (AvgIpc) is 2.25. The first kappa shape index (κ1) is 13.0. The van der Waals surface area contributed by atoms with E-state index in [0.717, 1.165) is 0 Å². The monoisotopic (exact) mass is 240 g/mol. The topological polar surface area (TPSA) is 42.0 Å². The van der Waals surface area contributed by atoms with Crippen LogP contribution >= 0.6 is 11.6 Å². The van der Waals surface area contributed by atoms with Crippen LogP contribution in [0.15, 0.2) is 18.3 Å². The van der Waals surface area contributed by atoms with Crippen molar-refractivity contribution >= 4 is 17.5 Å². The summed E-state index contributed by atoms with van der Waals surface area (Å²) in [4.78, 5) is 15.6. The Morgan fingerprint density at radius 1 is 1.50 bits per heavy atom. The number of amides is 1. The number of hydrogen-bond acceptors (Lipinski definition) is 2. The van der Waals surface area contributed by atoms with Crippen LogP contribution in [-0.2, 0) is 0 Å². The maximum Gasteiger partial charge on any atom is 0.251 e. The lowest BCUT2D eigenvalue weighted by molar-refractivity contribution is 0.0945. The number of carbonyl (C=O) groups excluding carboxylic acids is 1. The number of aromatic nitrogens is 1. The van der Waals surface area contributed by atoms with Gasteiger partial charge in [-0.15, -0.1) is 0 Å². The summed E-state index contributed by atoms with van der Waals surface area (Å²) < 4.78 is 0. The van der Waals surface area contributed by atoms with Crippen molar-refractivity contribution in [2.75, 3.05) is 6.54 Å². The van der Waals surface area contributed by atoms with E-state index in [1.54, 1.807) is 12.1 Å². The summed E-state index contributed by atoms with van der Waals surface area (Å²) in [6, 6.07) is 3.22. The molecule has 0 spiro atoms. The van der Waals surface area contributed by atoms with E-state index in [1.807, 2.05) is 0 Å². The molecule has 0 radical (unpaired) electrons. The normalized spacial score (nSPS) is 12.6. The fourth-order valence-corrected chi connectivity index (χ4v) is 1.31. The molecule has 1 unspecified atom stereocenters. The SMILES string of the molecule is CC(C)C(C)CNC(=O)c1ccnc(Cl)c1. The zero-order chi connectivity index (χ0) is 12.1. The van der Waals surface area contributed by atoms with Gasteiger partial charge < -0.3 is 5.32 Å². The Hall–Kier alpha value is -1.09. The van der Waals surface area contributed by atoms with Gasteiger partial charge in [-0.25, -0.2) is 4.98 Å². The molecular formula is C12H17ClN2O. The summed E-state index contributed by atoms with van der Waals surface area (Å²) >= 11 is 5.71. The molecular weight excluding hydrogens is 224 g/mol. The number of rotatable bonds is 4. The number of carbonyl (C=O) groups is 1. The minimum Gasteiger partial charge on any atom is -0.352 e. The highest BCUT2D eigenvalue weighted by Gasteiger charge is 2.10. The third-order valence-corrected chi connectivity index (χ3v) is 2.92. The Morgan fingerprint density at radius 2 is 2.19 bits per heavy atom. The van der Waals surface area contributed by atoms with Crippen LogP contribution in [0.3, 0.4) is 0 Å². The average molecular weight is 241 g/mol. The highest BCUT2D eigenvalue weighted by atomic mass is 35.5. The standard InChI is InChI=1S/C12H17ClN2O/c1-8(2)9(3)7-15-12(16)10-4-5-14-11(13)6-10/h4-6,8-9H,7H2,1-3H3,(H,15,16). The Labute approximate surface area is 101 Å². The van der Waals surface area contributed by atoms with Gasteiger partial charge in [0.1, 0.15) is 5.15 Å². The molecule has 4 heteroatoms. The molecule has 1 aromatic heterocycles. The molecule has 0 aliphatic heterocycles. The van der Waals surface area contributed by atoms with E-state index >= 15 is 0 Å². The Kier molecular flexibility index (Phi) is 4.74. The van der Waals surface area contributed by atoms with Gasteiger partial charge in [-0.1, -0.05) is 32.4 Å². The van der Waals surface area contributed by atoms with Crippen molar-refractivity contribution in [2.24, 2.45) is 11.8 Å². The molecule has 0 fully saturated rings. The first-order chi connectivity index (χ1) is 7.50. The van der Waals surface area contributed by atoms with Crippen LogP contribution in [0.5, 0.6) is 0 Å². The Bertz CT molecular complexity index is 366. The summed E-state index contributed by atoms with van der Waals surface area (Å²) in [5.74, 6) is 0.916. The highest BCUT2D eigenvalue weighted by molar-refractivity contribution is 6.29. The molecule has 1 atom stereocenters. The number of hydrogen-bond donors (Lipinski definition) is 1. The first-order valence-corrected chi connectivity index (χ1v) is 5.78. The predicted octanol–water partition coefficient (Wildman–Crippen LogP) is 2.76. The zero-order valence-electron chi connectivity index (χ0n) is 9.83. The van der Waals surface area contributed by atoms with Crippen molar-refractivity contribution in [1.82, 2.24) is 10.3 Å². The summed E-state index contributed by atoms with van der Waals surface area (Å²) in [5, 5.41) is 3.22. The zero-order valence-corrected chi connectivity index (χ0v) is 10.6. The molecule has 16 heavy (non-hydrogen) atoms. The van der Waals surface area contributed by atoms with Gasteiger partial charge in [0.2, 0.25) is 0 Å². The number of halogens is 1. The molecule has 1 heterocycles. The third kappa shape index (κ3) is 3.81. The van der Waals surface area contributed by atoms with Gasteiger partial charge in [0, 0.05) is 18.3 Å². The molecule has 1 amide bonds. The van der Waals surface area contributed by atoms with Crippen LogP contribution in [-0.4, -0.2) is 17.4 Å². The van der Waals surface area contributed by atoms with Crippen LogP contribution < -0.4 is 5.32 Å². The summed E-state index contributed by atoms with van der Waals surface area (Å²) in [6.45, 7) is 7.07. The minimum atomic E-state index is -0.100. The van der Waals surface area contributed by atoms with E-state index in [-0.39, 0.29) is 5.91 Å². The van der Waals surface area contributed by atoms with Gasteiger partial charge in [-0.2, -0.15) is 0 Å². The number of pyridine rings is 1. The van der Waals surface area contributed by atoms with Crippen molar-refractivity contribution in [2.45, 2.75) is 20.8 Å². The van der Waals surface area contributed by atoms with Crippen LogP contribution in [0.2, 0.25) is 5.15 Å². The minimum absolute atomic E-state index is 0.100. The number of nitrogens with zero attached hydrogens (tertiary/aromatic N) is 1. The summed E-state index contributed by atoms with van der Waals surface area (Å²) in [7, 11) is 0. The van der Waals surface area contributed by atoms with E-state index in [9.17, 15) is 4.79 Å². The fourth-order valence-electron chi connectivity index (χ4n) is 1.14. The second-order valence-corrected chi connectivity index (χ2v) is 4.69. The van der Waals surface area contributed by atoms with Crippen molar-refractivity contribution in [3.05, 3.63) is 29.0 Å². The van der Waals surface area contributed by atoms with Gasteiger partial charge in [0.25, 0.3) is 5.91 Å². The van der Waals surface area contributed by atoms with Crippen LogP contribution in [0.25, 0.3) is 0 Å². The van der Waals surface area contributed by atoms with Gasteiger partial charge in [-0.05, 0) is 24.0 Å². The quantitative estimate of drug-likeness (QED) is 0.823.